The number of hydrogen-bond donors (Lipinski definition) is 0. The number of rotatable bonds is 3. The summed E-state index contributed by atoms with van der Waals surface area (Å²) in [4.78, 5) is 0. The zero-order valence-corrected chi connectivity index (χ0v) is 30.7. The van der Waals surface area contributed by atoms with Gasteiger partial charge in [-0.1, -0.05) is 172 Å². The van der Waals surface area contributed by atoms with Gasteiger partial charge in [-0.15, -0.1) is 0 Å². The Morgan fingerprint density at radius 1 is 0.292 bits per heavy atom. The van der Waals surface area contributed by atoms with Gasteiger partial charge in [-0.3, -0.25) is 0 Å². The average Bonchev–Trinajstić information content (AvgIpc) is 3.11. The van der Waals surface area contributed by atoms with Crippen molar-refractivity contribution in [2.45, 2.75) is 69.2 Å². The summed E-state index contributed by atoms with van der Waals surface area (Å²) in [6.45, 7) is 21.1. The minimum atomic E-state index is 1.28. The quantitative estimate of drug-likeness (QED) is 0.171. The van der Waals surface area contributed by atoms with Crippen molar-refractivity contribution >= 4 is 21.5 Å². The number of benzene rings is 7. The maximum Gasteiger partial charge on any atom is -0.00262 e. The second kappa shape index (κ2) is 16.8. The highest BCUT2D eigenvalue weighted by Gasteiger charge is 2.17. The van der Waals surface area contributed by atoms with E-state index in [0.29, 0.717) is 0 Å². The van der Waals surface area contributed by atoms with Crippen molar-refractivity contribution in [3.05, 3.63) is 167 Å². The van der Waals surface area contributed by atoms with Gasteiger partial charge in [0.2, 0.25) is 0 Å². The van der Waals surface area contributed by atoms with Crippen LogP contribution in [0.25, 0.3) is 54.9 Å². The van der Waals surface area contributed by atoms with Gasteiger partial charge >= 0.3 is 0 Å². The highest BCUT2D eigenvalue weighted by Crippen LogP contribution is 2.44. The number of fused-ring (bicyclic) bond motifs is 2. The van der Waals surface area contributed by atoms with Crippen LogP contribution in [-0.4, -0.2) is 0 Å². The maximum atomic E-state index is 2.38. The summed E-state index contributed by atoms with van der Waals surface area (Å²) in [5, 5.41) is 5.29. The lowest BCUT2D eigenvalue weighted by Crippen LogP contribution is -1.93. The monoisotopic (exact) mass is 628 g/mol. The molecule has 0 bridgehead atoms. The fourth-order valence-corrected chi connectivity index (χ4v) is 6.33. The molecule has 0 aliphatic rings. The standard InChI is InChI=1S/C30H26.C14H14.2C2H6/c1-19-12-14-23(15-13-19)29-25-10-5-6-11-26(25)30(24-9-7-8-20(2)16-24)28-18-22(4)21(3)17-27(28)29;1-11-7-3-5-9-13(11)14-10-6-4-8-12(14)2;2*1-2/h5-18H,1-4H3;3-10H,1-2H3;2*1-2H3. The molecule has 244 valence electrons. The van der Waals surface area contributed by atoms with Crippen molar-refractivity contribution in [3.63, 3.8) is 0 Å². The minimum absolute atomic E-state index is 1.28. The zero-order valence-electron chi connectivity index (χ0n) is 30.7. The second-order valence-electron chi connectivity index (χ2n) is 12.1. The molecule has 0 N–H and O–H groups in total. The summed E-state index contributed by atoms with van der Waals surface area (Å²) in [6, 6.07) is 48.5. The molecule has 0 atom stereocenters. The average molecular weight is 629 g/mol. The summed E-state index contributed by atoms with van der Waals surface area (Å²) < 4.78 is 0. The van der Waals surface area contributed by atoms with Gasteiger partial charge in [-0.05, 0) is 119 Å². The van der Waals surface area contributed by atoms with Crippen LogP contribution in [0.5, 0.6) is 0 Å². The fourth-order valence-electron chi connectivity index (χ4n) is 6.33. The highest BCUT2D eigenvalue weighted by molar-refractivity contribution is 6.21. The molecule has 0 saturated carbocycles. The van der Waals surface area contributed by atoms with Crippen LogP contribution >= 0.6 is 0 Å². The lowest BCUT2D eigenvalue weighted by molar-refractivity contribution is 1.37. The molecule has 0 aliphatic heterocycles. The molecular formula is C48H52. The van der Waals surface area contributed by atoms with Crippen molar-refractivity contribution in [2.24, 2.45) is 0 Å². The van der Waals surface area contributed by atoms with E-state index in [9.17, 15) is 0 Å². The number of aryl methyl sites for hydroxylation is 6. The Morgan fingerprint density at radius 2 is 0.729 bits per heavy atom. The van der Waals surface area contributed by atoms with Gasteiger partial charge in [0, 0.05) is 0 Å². The molecule has 0 nitrogen and oxygen atoms in total. The van der Waals surface area contributed by atoms with E-state index in [4.69, 9.17) is 0 Å². The van der Waals surface area contributed by atoms with E-state index in [0.717, 1.165) is 0 Å². The summed E-state index contributed by atoms with van der Waals surface area (Å²) in [7, 11) is 0. The van der Waals surface area contributed by atoms with Gasteiger partial charge in [-0.2, -0.15) is 0 Å². The predicted molar refractivity (Wildman–Crippen MR) is 215 cm³/mol. The highest BCUT2D eigenvalue weighted by atomic mass is 14.2. The first-order chi connectivity index (χ1) is 23.3. The first-order valence-corrected chi connectivity index (χ1v) is 17.5. The maximum absolute atomic E-state index is 2.38. The Hall–Kier alpha value is -4.94. The first-order valence-electron chi connectivity index (χ1n) is 17.5. The summed E-state index contributed by atoms with van der Waals surface area (Å²) in [6.07, 6.45) is 0. The molecule has 48 heavy (non-hydrogen) atoms. The van der Waals surface area contributed by atoms with Crippen LogP contribution in [0.4, 0.5) is 0 Å². The van der Waals surface area contributed by atoms with Gasteiger partial charge in [0.25, 0.3) is 0 Å². The number of hydrogen-bond acceptors (Lipinski definition) is 0. The minimum Gasteiger partial charge on any atom is -0.0683 e. The van der Waals surface area contributed by atoms with Gasteiger partial charge in [0.15, 0.2) is 0 Å². The SMILES string of the molecule is CC.CC.Cc1ccc(-c2c3ccccc3c(-c3cccc(C)c3)c3cc(C)c(C)cc23)cc1.Cc1ccccc1-c1ccccc1C. The van der Waals surface area contributed by atoms with Gasteiger partial charge < -0.3 is 0 Å². The van der Waals surface area contributed by atoms with Gasteiger partial charge in [0.05, 0.1) is 0 Å². The molecule has 7 aromatic carbocycles. The second-order valence-corrected chi connectivity index (χ2v) is 12.1. The van der Waals surface area contributed by atoms with E-state index in [1.54, 1.807) is 0 Å². The molecule has 0 unspecified atom stereocenters. The van der Waals surface area contributed by atoms with Crippen molar-refractivity contribution in [1.29, 1.82) is 0 Å². The van der Waals surface area contributed by atoms with Crippen molar-refractivity contribution in [1.82, 2.24) is 0 Å². The third-order valence-corrected chi connectivity index (χ3v) is 8.87. The van der Waals surface area contributed by atoms with E-state index in [2.05, 4.69) is 175 Å². The molecule has 0 fully saturated rings. The normalized spacial score (nSPS) is 10.3. The molecule has 7 rings (SSSR count). The molecule has 0 aliphatic carbocycles. The molecule has 0 saturated heterocycles. The van der Waals surface area contributed by atoms with Crippen LogP contribution in [0.15, 0.2) is 133 Å². The Bertz CT molecular complexity index is 2070. The third kappa shape index (κ3) is 7.77. The Balaban J connectivity index is 0.000000242. The van der Waals surface area contributed by atoms with Crippen LogP contribution in [0.3, 0.4) is 0 Å². The van der Waals surface area contributed by atoms with Crippen molar-refractivity contribution in [2.75, 3.05) is 0 Å². The molecule has 0 aromatic heterocycles. The summed E-state index contributed by atoms with van der Waals surface area (Å²) in [5.41, 5.74) is 15.8. The van der Waals surface area contributed by atoms with Crippen molar-refractivity contribution in [3.8, 4) is 33.4 Å². The Labute approximate surface area is 290 Å². The predicted octanol–water partition coefficient (Wildman–Crippen LogP) is 14.6. The Morgan fingerprint density at radius 3 is 1.19 bits per heavy atom. The third-order valence-electron chi connectivity index (χ3n) is 8.87. The molecule has 0 spiro atoms. The van der Waals surface area contributed by atoms with E-state index in [1.807, 2.05) is 27.7 Å². The van der Waals surface area contributed by atoms with Crippen molar-refractivity contribution < 1.29 is 0 Å². The summed E-state index contributed by atoms with van der Waals surface area (Å²) in [5.74, 6) is 0. The summed E-state index contributed by atoms with van der Waals surface area (Å²) >= 11 is 0. The fraction of sp³-hybridized carbons (Fsp3) is 0.208. The largest absolute Gasteiger partial charge is 0.0683 e. The smallest absolute Gasteiger partial charge is 0.00262 e. The topological polar surface area (TPSA) is 0 Å². The molecule has 0 heteroatoms. The lowest BCUT2D eigenvalue weighted by Gasteiger charge is -2.19. The van der Waals surface area contributed by atoms with Gasteiger partial charge in [0.1, 0.15) is 0 Å². The van der Waals surface area contributed by atoms with E-state index >= 15 is 0 Å². The van der Waals surface area contributed by atoms with Crippen LogP contribution in [0, 0.1) is 41.5 Å². The Kier molecular flexibility index (Phi) is 12.5. The molecule has 0 amide bonds. The van der Waals surface area contributed by atoms with E-state index < -0.39 is 0 Å². The van der Waals surface area contributed by atoms with Crippen LogP contribution in [0.1, 0.15) is 61.1 Å². The van der Waals surface area contributed by atoms with Crippen LogP contribution < -0.4 is 0 Å². The molecule has 0 radical (unpaired) electrons. The zero-order chi connectivity index (χ0) is 34.8. The van der Waals surface area contributed by atoms with Crippen LogP contribution in [-0.2, 0) is 0 Å². The molecule has 0 heterocycles. The van der Waals surface area contributed by atoms with E-state index in [1.165, 1.54) is 88.3 Å². The van der Waals surface area contributed by atoms with Gasteiger partial charge in [-0.25, -0.2) is 0 Å². The molecule has 7 aromatic rings. The first kappa shape index (κ1) is 35.9. The van der Waals surface area contributed by atoms with E-state index in [-0.39, 0.29) is 0 Å². The molecular weight excluding hydrogens is 577 g/mol. The van der Waals surface area contributed by atoms with Crippen LogP contribution in [0.2, 0.25) is 0 Å². The lowest BCUT2D eigenvalue weighted by atomic mass is 9.84.